The molecular weight excluding hydrogens is 272 g/mol. The number of rotatable bonds is 3. The lowest BCUT2D eigenvalue weighted by Gasteiger charge is -2.10. The summed E-state index contributed by atoms with van der Waals surface area (Å²) in [5.41, 5.74) is 2.23. The Kier molecular flexibility index (Phi) is 2.79. The van der Waals surface area contributed by atoms with Crippen LogP contribution in [0, 0.1) is 5.92 Å². The van der Waals surface area contributed by atoms with Crippen molar-refractivity contribution in [1.82, 2.24) is 10.3 Å². The maximum atomic E-state index is 11.0. The fourth-order valence-electron chi connectivity index (χ4n) is 2.86. The summed E-state index contributed by atoms with van der Waals surface area (Å²) in [6.07, 6.45) is 3.22. The van der Waals surface area contributed by atoms with Gasteiger partial charge in [-0.25, -0.2) is 4.98 Å². The number of benzene rings is 1. The molecule has 20 heavy (non-hydrogen) atoms. The van der Waals surface area contributed by atoms with Crippen LogP contribution in [-0.2, 0) is 4.79 Å². The molecule has 1 aromatic heterocycles. The van der Waals surface area contributed by atoms with Crippen LogP contribution in [-0.4, -0.2) is 22.6 Å². The van der Waals surface area contributed by atoms with E-state index in [1.165, 1.54) is 22.5 Å². The Morgan fingerprint density at radius 1 is 1.40 bits per heavy atom. The zero-order valence-corrected chi connectivity index (χ0v) is 11.8. The van der Waals surface area contributed by atoms with Gasteiger partial charge in [-0.05, 0) is 37.0 Å². The lowest BCUT2D eigenvalue weighted by molar-refractivity contribution is -0.141. The highest BCUT2D eigenvalue weighted by Crippen LogP contribution is 2.43. The van der Waals surface area contributed by atoms with Crippen LogP contribution in [0.15, 0.2) is 18.2 Å². The van der Waals surface area contributed by atoms with Crippen LogP contribution < -0.4 is 5.32 Å². The molecule has 1 saturated heterocycles. The van der Waals surface area contributed by atoms with Crippen LogP contribution >= 0.6 is 11.3 Å². The maximum Gasteiger partial charge on any atom is 0.307 e. The minimum atomic E-state index is -0.703. The fourth-order valence-corrected chi connectivity index (χ4v) is 3.98. The first-order valence-electron chi connectivity index (χ1n) is 7.07. The number of nitrogens with zero attached hydrogens (tertiary/aromatic N) is 1. The molecule has 4 nitrogen and oxygen atoms in total. The molecule has 104 valence electrons. The van der Waals surface area contributed by atoms with Crippen LogP contribution in [0.1, 0.15) is 41.8 Å². The van der Waals surface area contributed by atoms with Crippen molar-refractivity contribution < 1.29 is 9.90 Å². The average Bonchev–Trinajstić information content (AvgIpc) is 3.02. The molecule has 2 heterocycles. The third-order valence-electron chi connectivity index (χ3n) is 4.24. The zero-order valence-electron chi connectivity index (χ0n) is 11.0. The van der Waals surface area contributed by atoms with E-state index >= 15 is 0 Å². The van der Waals surface area contributed by atoms with Gasteiger partial charge in [0, 0.05) is 18.5 Å². The number of carbonyl (C=O) groups is 1. The summed E-state index contributed by atoms with van der Waals surface area (Å²) in [6.45, 7) is 0.558. The van der Waals surface area contributed by atoms with E-state index in [9.17, 15) is 4.79 Å². The van der Waals surface area contributed by atoms with Gasteiger partial charge < -0.3 is 10.4 Å². The van der Waals surface area contributed by atoms with Gasteiger partial charge in [-0.1, -0.05) is 6.07 Å². The first-order valence-corrected chi connectivity index (χ1v) is 7.89. The number of nitrogens with one attached hydrogen (secondary N) is 1. The third-order valence-corrected chi connectivity index (χ3v) is 5.44. The molecule has 0 radical (unpaired) electrons. The topological polar surface area (TPSA) is 62.2 Å². The molecular formula is C15H16N2O2S. The van der Waals surface area contributed by atoms with Crippen molar-refractivity contribution in [3.8, 4) is 0 Å². The molecule has 1 saturated carbocycles. The van der Waals surface area contributed by atoms with Crippen LogP contribution in [0.5, 0.6) is 0 Å². The standard InChI is InChI=1S/C15H16N2O2S/c18-15(19)10-6-11(16-7-10)9-3-4-13-12(5-9)17-14(20-13)8-1-2-8/h3-5,8,10-11,16H,1-2,6-7H2,(H,18,19). The predicted molar refractivity (Wildman–Crippen MR) is 78.1 cm³/mol. The van der Waals surface area contributed by atoms with E-state index in [-0.39, 0.29) is 12.0 Å². The summed E-state index contributed by atoms with van der Waals surface area (Å²) in [5, 5.41) is 13.6. The Hall–Kier alpha value is -1.46. The zero-order chi connectivity index (χ0) is 13.7. The lowest BCUT2D eigenvalue weighted by atomic mass is 10.00. The Balaban J connectivity index is 1.62. The number of fused-ring (bicyclic) bond motifs is 1. The molecule has 0 bridgehead atoms. The van der Waals surface area contributed by atoms with Crippen molar-refractivity contribution in [3.05, 3.63) is 28.8 Å². The van der Waals surface area contributed by atoms with Gasteiger partial charge in [0.1, 0.15) is 0 Å². The molecule has 2 N–H and O–H groups in total. The normalized spacial score (nSPS) is 26.2. The van der Waals surface area contributed by atoms with E-state index in [1.54, 1.807) is 11.3 Å². The fraction of sp³-hybridized carbons (Fsp3) is 0.467. The summed E-state index contributed by atoms with van der Waals surface area (Å²) in [4.78, 5) is 15.8. The molecule has 2 aliphatic rings. The first-order chi connectivity index (χ1) is 9.70. The Bertz CT molecular complexity index is 678. The first kappa shape index (κ1) is 12.3. The summed E-state index contributed by atoms with van der Waals surface area (Å²) in [7, 11) is 0. The average molecular weight is 288 g/mol. The van der Waals surface area contributed by atoms with Crippen molar-refractivity contribution >= 4 is 27.5 Å². The van der Waals surface area contributed by atoms with Gasteiger partial charge in [-0.2, -0.15) is 0 Å². The molecule has 4 rings (SSSR count). The highest BCUT2D eigenvalue weighted by atomic mass is 32.1. The summed E-state index contributed by atoms with van der Waals surface area (Å²) in [6, 6.07) is 6.51. The molecule has 1 aromatic carbocycles. The number of thiazole rings is 1. The molecule has 1 aliphatic heterocycles. The molecule has 0 spiro atoms. The number of hydrogen-bond acceptors (Lipinski definition) is 4. The van der Waals surface area contributed by atoms with Crippen molar-refractivity contribution in [2.24, 2.45) is 5.92 Å². The summed E-state index contributed by atoms with van der Waals surface area (Å²) < 4.78 is 1.24. The molecule has 0 amide bonds. The molecule has 2 atom stereocenters. The van der Waals surface area contributed by atoms with Gasteiger partial charge in [0.25, 0.3) is 0 Å². The van der Waals surface area contributed by atoms with Crippen molar-refractivity contribution in [2.75, 3.05) is 6.54 Å². The van der Waals surface area contributed by atoms with E-state index < -0.39 is 5.97 Å². The SMILES string of the molecule is O=C(O)C1CNC(c2ccc3sc(C4CC4)nc3c2)C1. The number of carboxylic acids is 1. The molecule has 2 fully saturated rings. The predicted octanol–water partition coefficient (Wildman–Crippen LogP) is 2.91. The van der Waals surface area contributed by atoms with Crippen LogP contribution in [0.4, 0.5) is 0 Å². The minimum absolute atomic E-state index is 0.145. The molecule has 2 unspecified atom stereocenters. The van der Waals surface area contributed by atoms with Crippen molar-refractivity contribution in [1.29, 1.82) is 0 Å². The Morgan fingerprint density at radius 2 is 2.25 bits per heavy atom. The Labute approximate surface area is 120 Å². The second-order valence-corrected chi connectivity index (χ2v) is 6.85. The molecule has 5 heteroatoms. The maximum absolute atomic E-state index is 11.0. The smallest absolute Gasteiger partial charge is 0.307 e. The van der Waals surface area contributed by atoms with Crippen LogP contribution in [0.3, 0.4) is 0 Å². The lowest BCUT2D eigenvalue weighted by Crippen LogP contribution is -2.17. The van der Waals surface area contributed by atoms with Gasteiger partial charge >= 0.3 is 5.97 Å². The number of aromatic nitrogens is 1. The van der Waals surface area contributed by atoms with Crippen LogP contribution in [0.2, 0.25) is 0 Å². The highest BCUT2D eigenvalue weighted by molar-refractivity contribution is 7.18. The second kappa shape index (κ2) is 4.53. The van der Waals surface area contributed by atoms with Gasteiger partial charge in [0.2, 0.25) is 0 Å². The monoisotopic (exact) mass is 288 g/mol. The summed E-state index contributed by atoms with van der Waals surface area (Å²) >= 11 is 1.80. The second-order valence-electron chi connectivity index (χ2n) is 5.79. The number of hydrogen-bond donors (Lipinski definition) is 2. The Morgan fingerprint density at radius 3 is 2.95 bits per heavy atom. The molecule has 2 aromatic rings. The van der Waals surface area contributed by atoms with E-state index in [2.05, 4.69) is 23.5 Å². The largest absolute Gasteiger partial charge is 0.481 e. The van der Waals surface area contributed by atoms with Gasteiger partial charge in [-0.15, -0.1) is 11.3 Å². The van der Waals surface area contributed by atoms with Crippen molar-refractivity contribution in [2.45, 2.75) is 31.2 Å². The van der Waals surface area contributed by atoms with E-state index in [0.717, 1.165) is 11.1 Å². The quantitative estimate of drug-likeness (QED) is 0.911. The van der Waals surface area contributed by atoms with E-state index in [4.69, 9.17) is 10.1 Å². The van der Waals surface area contributed by atoms with Crippen molar-refractivity contribution in [3.63, 3.8) is 0 Å². The van der Waals surface area contributed by atoms with E-state index in [0.29, 0.717) is 18.9 Å². The third kappa shape index (κ3) is 2.11. The van der Waals surface area contributed by atoms with Gasteiger partial charge in [0.05, 0.1) is 21.1 Å². The summed E-state index contributed by atoms with van der Waals surface area (Å²) in [5.74, 6) is -0.282. The number of aliphatic carboxylic acids is 1. The minimum Gasteiger partial charge on any atom is -0.481 e. The van der Waals surface area contributed by atoms with Gasteiger partial charge in [-0.3, -0.25) is 4.79 Å². The van der Waals surface area contributed by atoms with Gasteiger partial charge in [0.15, 0.2) is 0 Å². The van der Waals surface area contributed by atoms with Crippen LogP contribution in [0.25, 0.3) is 10.2 Å². The number of carboxylic acid groups (broad SMARTS) is 1. The van der Waals surface area contributed by atoms with E-state index in [1.807, 2.05) is 0 Å². The highest BCUT2D eigenvalue weighted by Gasteiger charge is 2.31. The molecule has 1 aliphatic carbocycles.